The molecule has 1 saturated heterocycles. The molecule has 1 aromatic heterocycles. The number of nitrogens with one attached hydrogen (secondary N) is 2. The first-order valence-corrected chi connectivity index (χ1v) is 11.0. The average molecular weight is 422 g/mol. The Kier molecular flexibility index (Phi) is 4.86. The number of hydrogen-bond donors (Lipinski definition) is 2. The predicted molar refractivity (Wildman–Crippen MR) is 110 cm³/mol. The van der Waals surface area contributed by atoms with Gasteiger partial charge in [-0.2, -0.15) is 0 Å². The highest BCUT2D eigenvalue weighted by Gasteiger charge is 2.63. The van der Waals surface area contributed by atoms with E-state index in [2.05, 4.69) is 14.9 Å². The molecule has 1 aromatic carbocycles. The standard InChI is InChI=1S/C21H25ClFN3OS/c22-13-3-4-17(23)15(10-13)21-11-16(21)19-18(25-20(28)26(19)12-21)2-1-7-24-14-5-8-27-9-6-14/h3-4,10,14,16,24H,1-2,5-9,11-12H2,(H,25,28)/t16-,21+/m0/s1. The Morgan fingerprint density at radius 1 is 1.36 bits per heavy atom. The van der Waals surface area contributed by atoms with Gasteiger partial charge in [0, 0.05) is 53.5 Å². The van der Waals surface area contributed by atoms with Crippen LogP contribution in [0.4, 0.5) is 4.39 Å². The van der Waals surface area contributed by atoms with Gasteiger partial charge in [0.25, 0.3) is 0 Å². The third-order valence-electron chi connectivity index (χ3n) is 6.67. The summed E-state index contributed by atoms with van der Waals surface area (Å²) in [6.45, 7) is 3.47. The molecule has 150 valence electrons. The van der Waals surface area contributed by atoms with Gasteiger partial charge in [-0.05, 0) is 74.6 Å². The van der Waals surface area contributed by atoms with E-state index in [1.54, 1.807) is 12.1 Å². The van der Waals surface area contributed by atoms with Gasteiger partial charge in [0.1, 0.15) is 5.82 Å². The van der Waals surface area contributed by atoms with Crippen LogP contribution in [0, 0.1) is 10.6 Å². The monoisotopic (exact) mass is 421 g/mol. The highest BCUT2D eigenvalue weighted by Crippen LogP contribution is 2.66. The van der Waals surface area contributed by atoms with Crippen LogP contribution in [0.3, 0.4) is 0 Å². The zero-order valence-corrected chi connectivity index (χ0v) is 17.3. The van der Waals surface area contributed by atoms with Crippen LogP contribution in [0.5, 0.6) is 0 Å². The Balaban J connectivity index is 1.28. The smallest absolute Gasteiger partial charge is 0.177 e. The second-order valence-corrected chi connectivity index (χ2v) is 9.18. The van der Waals surface area contributed by atoms with Crippen molar-refractivity contribution in [2.75, 3.05) is 19.8 Å². The number of imidazole rings is 1. The van der Waals surface area contributed by atoms with E-state index in [4.69, 9.17) is 28.6 Å². The summed E-state index contributed by atoms with van der Waals surface area (Å²) in [5.41, 5.74) is 3.10. The molecule has 2 aromatic rings. The molecule has 3 aliphatic rings. The molecular formula is C21H25ClFN3OS. The van der Waals surface area contributed by atoms with Crippen LogP contribution in [0.15, 0.2) is 18.2 Å². The minimum absolute atomic E-state index is 0.158. The van der Waals surface area contributed by atoms with Gasteiger partial charge in [-0.1, -0.05) is 11.6 Å². The van der Waals surface area contributed by atoms with Crippen molar-refractivity contribution >= 4 is 23.8 Å². The van der Waals surface area contributed by atoms with Crippen molar-refractivity contribution in [2.24, 2.45) is 0 Å². The van der Waals surface area contributed by atoms with Crippen molar-refractivity contribution in [2.45, 2.75) is 56.0 Å². The Hall–Kier alpha value is -1.21. The molecule has 0 amide bonds. The number of H-pyrrole nitrogens is 1. The van der Waals surface area contributed by atoms with E-state index in [0.29, 0.717) is 17.0 Å². The summed E-state index contributed by atoms with van der Waals surface area (Å²) in [6, 6.07) is 5.48. The molecule has 1 aliphatic carbocycles. The number of hydrogen-bond acceptors (Lipinski definition) is 3. The van der Waals surface area contributed by atoms with Gasteiger partial charge >= 0.3 is 0 Å². The molecule has 4 nitrogen and oxygen atoms in total. The van der Waals surface area contributed by atoms with Crippen molar-refractivity contribution in [3.8, 4) is 0 Å². The highest BCUT2D eigenvalue weighted by molar-refractivity contribution is 7.71. The van der Waals surface area contributed by atoms with Gasteiger partial charge in [0.05, 0.1) is 0 Å². The van der Waals surface area contributed by atoms with Crippen molar-refractivity contribution in [1.29, 1.82) is 0 Å². The largest absolute Gasteiger partial charge is 0.381 e. The second-order valence-electron chi connectivity index (χ2n) is 8.36. The quantitative estimate of drug-likeness (QED) is 0.533. The topological polar surface area (TPSA) is 42.0 Å². The van der Waals surface area contributed by atoms with Crippen LogP contribution >= 0.6 is 23.8 Å². The maximum absolute atomic E-state index is 14.5. The van der Waals surface area contributed by atoms with E-state index in [9.17, 15) is 4.39 Å². The van der Waals surface area contributed by atoms with E-state index in [1.807, 2.05) is 0 Å². The second kappa shape index (κ2) is 7.24. The Bertz CT molecular complexity index is 952. The lowest BCUT2D eigenvalue weighted by Crippen LogP contribution is -2.35. The van der Waals surface area contributed by atoms with Gasteiger partial charge < -0.3 is 19.6 Å². The fourth-order valence-corrected chi connectivity index (χ4v) is 5.59. The molecule has 28 heavy (non-hydrogen) atoms. The summed E-state index contributed by atoms with van der Waals surface area (Å²) in [7, 11) is 0. The van der Waals surface area contributed by atoms with Crippen molar-refractivity contribution in [3.05, 3.63) is 50.8 Å². The first-order valence-electron chi connectivity index (χ1n) is 10.2. The fraction of sp³-hybridized carbons (Fsp3) is 0.571. The lowest BCUT2D eigenvalue weighted by molar-refractivity contribution is 0.0780. The lowest BCUT2D eigenvalue weighted by atomic mass is 9.93. The zero-order chi connectivity index (χ0) is 19.3. The first-order chi connectivity index (χ1) is 13.6. The molecule has 1 saturated carbocycles. The summed E-state index contributed by atoms with van der Waals surface area (Å²) in [5, 5.41) is 4.24. The number of benzene rings is 1. The number of halogens is 2. The Labute approximate surface area is 174 Å². The number of fused-ring (bicyclic) bond motifs is 3. The average Bonchev–Trinajstić information content (AvgIpc) is 3.19. The first kappa shape index (κ1) is 18.8. The van der Waals surface area contributed by atoms with Crippen LogP contribution in [0.1, 0.15) is 48.6 Å². The summed E-state index contributed by atoms with van der Waals surface area (Å²) in [4.78, 5) is 3.42. The van der Waals surface area contributed by atoms with Crippen molar-refractivity contribution < 1.29 is 9.13 Å². The van der Waals surface area contributed by atoms with E-state index in [-0.39, 0.29) is 11.2 Å². The van der Waals surface area contributed by atoms with Gasteiger partial charge in [-0.3, -0.25) is 0 Å². The minimum Gasteiger partial charge on any atom is -0.381 e. The Morgan fingerprint density at radius 2 is 2.18 bits per heavy atom. The molecule has 3 heterocycles. The number of nitrogens with zero attached hydrogens (tertiary/aromatic N) is 1. The summed E-state index contributed by atoms with van der Waals surface area (Å²) in [6.07, 6.45) is 5.20. The zero-order valence-electron chi connectivity index (χ0n) is 15.8. The minimum atomic E-state index is -0.165. The van der Waals surface area contributed by atoms with E-state index in [1.165, 1.54) is 17.5 Å². The van der Waals surface area contributed by atoms with Crippen LogP contribution in [-0.4, -0.2) is 35.4 Å². The SMILES string of the molecule is Fc1ccc(Cl)cc1[C@]12C[C@H]1c1c(CCCNC3CCOCC3)[nH]c(=S)n1C2. The fourth-order valence-electron chi connectivity index (χ4n) is 5.13. The van der Waals surface area contributed by atoms with Gasteiger partial charge in [-0.15, -0.1) is 0 Å². The Morgan fingerprint density at radius 3 is 3.00 bits per heavy atom. The maximum Gasteiger partial charge on any atom is 0.177 e. The van der Waals surface area contributed by atoms with Crippen LogP contribution in [0.25, 0.3) is 0 Å². The van der Waals surface area contributed by atoms with Crippen molar-refractivity contribution in [1.82, 2.24) is 14.9 Å². The number of ether oxygens (including phenoxy) is 1. The van der Waals surface area contributed by atoms with Gasteiger partial charge in [0.2, 0.25) is 0 Å². The van der Waals surface area contributed by atoms with Crippen LogP contribution < -0.4 is 5.32 Å². The highest BCUT2D eigenvalue weighted by atomic mass is 35.5. The maximum atomic E-state index is 14.5. The summed E-state index contributed by atoms with van der Waals surface area (Å²) >= 11 is 11.7. The van der Waals surface area contributed by atoms with Crippen molar-refractivity contribution in [3.63, 3.8) is 0 Å². The predicted octanol–water partition coefficient (Wildman–Crippen LogP) is 4.48. The number of aryl methyl sites for hydroxylation is 1. The molecule has 2 fully saturated rings. The summed E-state index contributed by atoms with van der Waals surface area (Å²) in [5.74, 6) is 0.182. The molecule has 7 heteroatoms. The molecule has 0 unspecified atom stereocenters. The van der Waals surface area contributed by atoms with Gasteiger partial charge in [-0.25, -0.2) is 4.39 Å². The lowest BCUT2D eigenvalue weighted by Gasteiger charge is -2.23. The van der Waals surface area contributed by atoms with Crippen LogP contribution in [-0.2, 0) is 23.1 Å². The van der Waals surface area contributed by atoms with E-state index in [0.717, 1.165) is 68.7 Å². The van der Waals surface area contributed by atoms with E-state index >= 15 is 0 Å². The molecule has 2 atom stereocenters. The molecule has 5 rings (SSSR count). The molecule has 2 aliphatic heterocycles. The number of aromatic nitrogens is 2. The third-order valence-corrected chi connectivity index (χ3v) is 7.23. The molecule has 0 bridgehead atoms. The number of rotatable bonds is 6. The molecule has 2 N–H and O–H groups in total. The van der Waals surface area contributed by atoms with E-state index < -0.39 is 0 Å². The van der Waals surface area contributed by atoms with Gasteiger partial charge in [0.15, 0.2) is 4.77 Å². The molecule has 0 spiro atoms. The van der Waals surface area contributed by atoms with Crippen LogP contribution in [0.2, 0.25) is 5.02 Å². The summed E-state index contributed by atoms with van der Waals surface area (Å²) < 4.78 is 22.9. The molecular weight excluding hydrogens is 397 g/mol. The third kappa shape index (κ3) is 3.15. The molecule has 0 radical (unpaired) electrons. The number of aromatic amines is 1. The normalized spacial score (nSPS) is 26.3.